The molecule has 2 aromatic carbocycles. The van der Waals surface area contributed by atoms with Gasteiger partial charge < -0.3 is 15.1 Å². The van der Waals surface area contributed by atoms with E-state index in [0.717, 1.165) is 65.3 Å². The molecule has 0 atom stereocenters. The highest BCUT2D eigenvalue weighted by Gasteiger charge is 2.17. The van der Waals surface area contributed by atoms with E-state index in [2.05, 4.69) is 28.2 Å². The number of piperazine rings is 1. The number of fused-ring (bicyclic) bond motifs is 1. The molecule has 1 saturated heterocycles. The molecular formula is C22H24ClN5OS. The zero-order valence-corrected chi connectivity index (χ0v) is 18.3. The Bertz CT molecular complexity index is 1070. The number of amides is 1. The van der Waals surface area contributed by atoms with E-state index in [1.165, 1.54) is 0 Å². The molecule has 2 heterocycles. The van der Waals surface area contributed by atoms with Crippen LogP contribution in [0.3, 0.4) is 0 Å². The van der Waals surface area contributed by atoms with Gasteiger partial charge in [0.2, 0.25) is 5.91 Å². The van der Waals surface area contributed by atoms with Crippen LogP contribution in [0.4, 0.5) is 11.5 Å². The minimum Gasteiger partial charge on any atom is -0.354 e. The van der Waals surface area contributed by atoms with Crippen LogP contribution >= 0.6 is 23.5 Å². The average molecular weight is 442 g/mol. The number of hydrogen-bond acceptors (Lipinski definition) is 6. The molecule has 0 saturated carbocycles. The van der Waals surface area contributed by atoms with Crippen LogP contribution in [0.15, 0.2) is 53.4 Å². The number of carbonyl (C=O) groups excluding carboxylic acids is 1. The molecule has 0 aliphatic carbocycles. The zero-order valence-electron chi connectivity index (χ0n) is 16.8. The molecule has 1 aliphatic heterocycles. The van der Waals surface area contributed by atoms with Crippen molar-refractivity contribution in [2.75, 3.05) is 43.4 Å². The van der Waals surface area contributed by atoms with Gasteiger partial charge in [-0.1, -0.05) is 29.8 Å². The second kappa shape index (κ2) is 9.22. The number of nitrogens with one attached hydrogen (secondary N) is 1. The molecule has 0 bridgehead atoms. The largest absolute Gasteiger partial charge is 0.354 e. The molecule has 3 N–H and O–H groups in total. The van der Waals surface area contributed by atoms with Crippen molar-refractivity contribution in [1.29, 1.82) is 0 Å². The highest BCUT2D eigenvalue weighted by atomic mass is 35.5. The van der Waals surface area contributed by atoms with Gasteiger partial charge in [0, 0.05) is 47.2 Å². The molecule has 0 radical (unpaired) electrons. The number of anilines is 2. The number of nitrogens with two attached hydrogens (primary N) is 1. The smallest absolute Gasteiger partial charge is 0.228 e. The highest BCUT2D eigenvalue weighted by molar-refractivity contribution is 7.97. The van der Waals surface area contributed by atoms with E-state index in [1.54, 1.807) is 6.07 Å². The summed E-state index contributed by atoms with van der Waals surface area (Å²) in [5.74, 6) is 0.814. The van der Waals surface area contributed by atoms with Gasteiger partial charge in [-0.3, -0.25) is 9.93 Å². The average Bonchev–Trinajstić information content (AvgIpc) is 2.75. The molecule has 1 amide bonds. The molecule has 156 valence electrons. The van der Waals surface area contributed by atoms with E-state index in [0.29, 0.717) is 10.7 Å². The third-order valence-electron chi connectivity index (χ3n) is 5.30. The van der Waals surface area contributed by atoms with Gasteiger partial charge in [0.05, 0.1) is 11.9 Å². The molecule has 1 aliphatic rings. The van der Waals surface area contributed by atoms with Crippen LogP contribution in [0.5, 0.6) is 0 Å². The second-order valence-electron chi connectivity index (χ2n) is 7.44. The van der Waals surface area contributed by atoms with Crippen molar-refractivity contribution in [2.45, 2.75) is 11.3 Å². The molecule has 4 rings (SSSR count). The van der Waals surface area contributed by atoms with Crippen molar-refractivity contribution in [3.63, 3.8) is 0 Å². The number of pyridine rings is 1. The van der Waals surface area contributed by atoms with Crippen LogP contribution in [0, 0.1) is 0 Å². The number of aromatic nitrogens is 1. The van der Waals surface area contributed by atoms with Crippen molar-refractivity contribution in [2.24, 2.45) is 5.14 Å². The predicted octanol–water partition coefficient (Wildman–Crippen LogP) is 3.79. The third-order valence-corrected chi connectivity index (χ3v) is 6.26. The number of rotatable bonds is 5. The number of hydrogen-bond donors (Lipinski definition) is 2. The first kappa shape index (κ1) is 20.9. The minimum absolute atomic E-state index is 0.134. The molecule has 1 aromatic heterocycles. The fraction of sp³-hybridized carbons (Fsp3) is 0.273. The lowest BCUT2D eigenvalue weighted by molar-refractivity contribution is -0.115. The van der Waals surface area contributed by atoms with Crippen LogP contribution in [0.25, 0.3) is 10.9 Å². The second-order valence-corrected chi connectivity index (χ2v) is 8.52. The maximum absolute atomic E-state index is 12.6. The quantitative estimate of drug-likeness (QED) is 0.587. The van der Waals surface area contributed by atoms with E-state index in [-0.39, 0.29) is 12.3 Å². The van der Waals surface area contributed by atoms with Crippen LogP contribution in [0.2, 0.25) is 5.02 Å². The number of nitrogens with zero attached hydrogens (tertiary/aromatic N) is 3. The molecule has 0 unspecified atom stereocenters. The van der Waals surface area contributed by atoms with E-state index in [9.17, 15) is 4.79 Å². The van der Waals surface area contributed by atoms with Gasteiger partial charge in [-0.15, -0.1) is 0 Å². The number of benzene rings is 2. The number of likely N-dealkylation sites (N-methyl/N-ethyl adjacent to an activating group) is 1. The Morgan fingerprint density at radius 2 is 1.93 bits per heavy atom. The Morgan fingerprint density at radius 1 is 1.17 bits per heavy atom. The topological polar surface area (TPSA) is 74.5 Å². The summed E-state index contributed by atoms with van der Waals surface area (Å²) in [6, 6.07) is 15.2. The van der Waals surface area contributed by atoms with Crippen molar-refractivity contribution in [3.8, 4) is 0 Å². The molecule has 6 nitrogen and oxygen atoms in total. The summed E-state index contributed by atoms with van der Waals surface area (Å²) in [5, 5.41) is 10.4. The van der Waals surface area contributed by atoms with E-state index in [4.69, 9.17) is 21.7 Å². The van der Waals surface area contributed by atoms with Crippen molar-refractivity contribution in [3.05, 3.63) is 59.1 Å². The van der Waals surface area contributed by atoms with Gasteiger partial charge in [-0.25, -0.2) is 4.98 Å². The summed E-state index contributed by atoms with van der Waals surface area (Å²) in [6.07, 6.45) is 0.206. The van der Waals surface area contributed by atoms with Gasteiger partial charge in [0.15, 0.2) is 0 Å². The van der Waals surface area contributed by atoms with Gasteiger partial charge in [-0.05, 0) is 54.9 Å². The first-order valence-electron chi connectivity index (χ1n) is 9.82. The number of carbonyl (C=O) groups is 1. The van der Waals surface area contributed by atoms with Gasteiger partial charge >= 0.3 is 0 Å². The van der Waals surface area contributed by atoms with Crippen LogP contribution in [-0.2, 0) is 11.2 Å². The Balaban J connectivity index is 1.58. The Morgan fingerprint density at radius 3 is 2.67 bits per heavy atom. The highest BCUT2D eigenvalue weighted by Crippen LogP contribution is 2.30. The van der Waals surface area contributed by atoms with Crippen LogP contribution < -0.4 is 15.4 Å². The number of halogens is 1. The summed E-state index contributed by atoms with van der Waals surface area (Å²) >= 11 is 7.33. The van der Waals surface area contributed by atoms with Gasteiger partial charge in [0.1, 0.15) is 5.82 Å². The lowest BCUT2D eigenvalue weighted by Gasteiger charge is -2.33. The fourth-order valence-corrected chi connectivity index (χ4v) is 4.29. The zero-order chi connectivity index (χ0) is 21.1. The van der Waals surface area contributed by atoms with Crippen molar-refractivity contribution < 1.29 is 4.79 Å². The van der Waals surface area contributed by atoms with Gasteiger partial charge in [-0.2, -0.15) is 0 Å². The Hall–Kier alpha value is -2.32. The van der Waals surface area contributed by atoms with E-state index in [1.807, 2.05) is 36.4 Å². The lowest BCUT2D eigenvalue weighted by atomic mass is 10.1. The normalized spacial score (nSPS) is 14.8. The lowest BCUT2D eigenvalue weighted by Crippen LogP contribution is -2.44. The summed E-state index contributed by atoms with van der Waals surface area (Å²) in [6.45, 7) is 3.92. The van der Waals surface area contributed by atoms with Gasteiger partial charge in [0.25, 0.3) is 0 Å². The van der Waals surface area contributed by atoms with Crippen molar-refractivity contribution in [1.82, 2.24) is 9.88 Å². The molecule has 0 spiro atoms. The standard InChI is InChI=1S/C22H24ClN5OS/c1-27-8-10-28(11-9-27)21-7-6-17-19(26-21)13-16(14-20(17)30-24)25-22(29)12-15-4-2-3-5-18(15)23/h2-7,13-14H,8-12,24H2,1H3,(H,25,29). The Kier molecular flexibility index (Phi) is 6.43. The van der Waals surface area contributed by atoms with E-state index < -0.39 is 0 Å². The third kappa shape index (κ3) is 4.70. The summed E-state index contributed by atoms with van der Waals surface area (Å²) in [4.78, 5) is 22.9. The maximum Gasteiger partial charge on any atom is 0.228 e. The van der Waals surface area contributed by atoms with Crippen molar-refractivity contribution >= 4 is 51.9 Å². The summed E-state index contributed by atoms with van der Waals surface area (Å²) in [5.41, 5.74) is 2.28. The Labute approximate surface area is 185 Å². The summed E-state index contributed by atoms with van der Waals surface area (Å²) in [7, 11) is 2.13. The minimum atomic E-state index is -0.134. The molecular weight excluding hydrogens is 418 g/mol. The van der Waals surface area contributed by atoms with Crippen LogP contribution in [-0.4, -0.2) is 49.0 Å². The van der Waals surface area contributed by atoms with E-state index >= 15 is 0 Å². The molecule has 30 heavy (non-hydrogen) atoms. The monoisotopic (exact) mass is 441 g/mol. The van der Waals surface area contributed by atoms with Crippen LogP contribution in [0.1, 0.15) is 5.56 Å². The molecule has 3 aromatic rings. The summed E-state index contributed by atoms with van der Waals surface area (Å²) < 4.78 is 0. The predicted molar refractivity (Wildman–Crippen MR) is 125 cm³/mol. The fourth-order valence-electron chi connectivity index (χ4n) is 3.59. The molecule has 8 heteroatoms. The first-order valence-corrected chi connectivity index (χ1v) is 11.1. The maximum atomic E-state index is 12.6. The molecule has 1 fully saturated rings. The SMILES string of the molecule is CN1CCN(c2ccc3c(SN)cc(NC(=O)Cc4ccccc4Cl)cc3n2)CC1. The first-order chi connectivity index (χ1) is 14.5.